The summed E-state index contributed by atoms with van der Waals surface area (Å²) in [6, 6.07) is 13.1. The Morgan fingerprint density at radius 3 is 2.75 bits per heavy atom. The molecule has 0 heterocycles. The molecule has 2 rings (SSSR count). The zero-order valence-corrected chi connectivity index (χ0v) is 12.1. The lowest BCUT2D eigenvalue weighted by atomic mass is 10.1. The molecule has 0 radical (unpaired) electrons. The number of nitrogen functional groups attached to an aromatic ring is 1. The number of carbonyl (C=O) groups is 1. The van der Waals surface area contributed by atoms with Crippen LogP contribution in [0, 0.1) is 6.92 Å². The maximum absolute atomic E-state index is 12.0. The van der Waals surface area contributed by atoms with Crippen molar-refractivity contribution < 1.29 is 4.79 Å². The van der Waals surface area contributed by atoms with E-state index in [-0.39, 0.29) is 5.91 Å². The van der Waals surface area contributed by atoms with Gasteiger partial charge in [-0.05, 0) is 37.1 Å². The minimum Gasteiger partial charge on any atom is -0.399 e. The molecule has 2 aromatic rings. The molecule has 4 heteroatoms. The van der Waals surface area contributed by atoms with Gasteiger partial charge in [-0.25, -0.2) is 0 Å². The number of nitrogens with one attached hydrogen (secondary N) is 1. The largest absolute Gasteiger partial charge is 0.399 e. The molecule has 0 aliphatic rings. The van der Waals surface area contributed by atoms with Crippen molar-refractivity contribution in [1.29, 1.82) is 0 Å². The fourth-order valence-electron chi connectivity index (χ4n) is 2.00. The standard InChI is InChI=1S/C16H17ClN2O/c1-11-3-2-4-12(9-11)7-8-19-16(20)14-6-5-13(18)10-15(14)17/h2-6,9-10H,7-8,18H2,1H3,(H,19,20). The minimum atomic E-state index is -0.178. The second kappa shape index (κ2) is 6.44. The van der Waals surface area contributed by atoms with Crippen LogP contribution in [0.5, 0.6) is 0 Å². The highest BCUT2D eigenvalue weighted by atomic mass is 35.5. The molecule has 0 saturated heterocycles. The molecule has 0 saturated carbocycles. The predicted molar refractivity (Wildman–Crippen MR) is 83.1 cm³/mol. The fraction of sp³-hybridized carbons (Fsp3) is 0.188. The molecule has 0 bridgehead atoms. The first-order chi connectivity index (χ1) is 9.56. The Kier molecular flexibility index (Phi) is 4.64. The van der Waals surface area contributed by atoms with E-state index in [2.05, 4.69) is 30.4 Å². The summed E-state index contributed by atoms with van der Waals surface area (Å²) in [6.45, 7) is 2.62. The molecule has 2 aromatic carbocycles. The van der Waals surface area contributed by atoms with Crippen molar-refractivity contribution in [2.45, 2.75) is 13.3 Å². The summed E-state index contributed by atoms with van der Waals surface area (Å²) in [5.74, 6) is -0.178. The van der Waals surface area contributed by atoms with Crippen molar-refractivity contribution in [3.8, 4) is 0 Å². The molecule has 0 aliphatic heterocycles. The second-order valence-corrected chi connectivity index (χ2v) is 5.14. The smallest absolute Gasteiger partial charge is 0.252 e. The van der Waals surface area contributed by atoms with Crippen LogP contribution in [0.2, 0.25) is 5.02 Å². The zero-order chi connectivity index (χ0) is 14.5. The first-order valence-corrected chi connectivity index (χ1v) is 6.83. The van der Waals surface area contributed by atoms with Crippen LogP contribution in [0.3, 0.4) is 0 Å². The van der Waals surface area contributed by atoms with Crippen molar-refractivity contribution >= 4 is 23.2 Å². The van der Waals surface area contributed by atoms with E-state index in [9.17, 15) is 4.79 Å². The highest BCUT2D eigenvalue weighted by Crippen LogP contribution is 2.18. The van der Waals surface area contributed by atoms with Gasteiger partial charge in [-0.3, -0.25) is 4.79 Å². The second-order valence-electron chi connectivity index (χ2n) is 4.73. The molecule has 0 aliphatic carbocycles. The maximum Gasteiger partial charge on any atom is 0.252 e. The zero-order valence-electron chi connectivity index (χ0n) is 11.3. The Hall–Kier alpha value is -2.00. The topological polar surface area (TPSA) is 55.1 Å². The van der Waals surface area contributed by atoms with E-state index in [0.29, 0.717) is 22.8 Å². The third-order valence-corrected chi connectivity index (χ3v) is 3.33. The van der Waals surface area contributed by atoms with Gasteiger partial charge >= 0.3 is 0 Å². The number of anilines is 1. The lowest BCUT2D eigenvalue weighted by Crippen LogP contribution is -2.26. The lowest BCUT2D eigenvalue weighted by molar-refractivity contribution is 0.0954. The van der Waals surface area contributed by atoms with Crippen LogP contribution in [0.4, 0.5) is 5.69 Å². The number of halogens is 1. The highest BCUT2D eigenvalue weighted by Gasteiger charge is 2.09. The van der Waals surface area contributed by atoms with Gasteiger partial charge in [0.1, 0.15) is 0 Å². The molecule has 0 aromatic heterocycles. The van der Waals surface area contributed by atoms with Crippen molar-refractivity contribution in [3.05, 3.63) is 64.2 Å². The molecule has 104 valence electrons. The number of rotatable bonds is 4. The first-order valence-electron chi connectivity index (χ1n) is 6.45. The SMILES string of the molecule is Cc1cccc(CCNC(=O)c2ccc(N)cc2Cl)c1. The van der Waals surface area contributed by atoms with Crippen molar-refractivity contribution in [1.82, 2.24) is 5.32 Å². The molecular formula is C16H17ClN2O. The summed E-state index contributed by atoms with van der Waals surface area (Å²) in [5.41, 5.74) is 9.02. The summed E-state index contributed by atoms with van der Waals surface area (Å²) in [7, 11) is 0. The normalized spacial score (nSPS) is 10.3. The van der Waals surface area contributed by atoms with E-state index < -0.39 is 0 Å². The van der Waals surface area contributed by atoms with Gasteiger partial charge in [0, 0.05) is 12.2 Å². The number of amides is 1. The number of benzene rings is 2. The third kappa shape index (κ3) is 3.75. The van der Waals surface area contributed by atoms with Gasteiger partial charge in [-0.2, -0.15) is 0 Å². The fourth-order valence-corrected chi connectivity index (χ4v) is 2.27. The maximum atomic E-state index is 12.0. The van der Waals surface area contributed by atoms with E-state index >= 15 is 0 Å². The number of hydrogen-bond acceptors (Lipinski definition) is 2. The first kappa shape index (κ1) is 14.4. The number of aryl methyl sites for hydroxylation is 1. The monoisotopic (exact) mass is 288 g/mol. The molecule has 20 heavy (non-hydrogen) atoms. The quantitative estimate of drug-likeness (QED) is 0.849. The summed E-state index contributed by atoms with van der Waals surface area (Å²) in [6.07, 6.45) is 0.792. The third-order valence-electron chi connectivity index (χ3n) is 3.02. The number of nitrogens with two attached hydrogens (primary N) is 1. The van der Waals surface area contributed by atoms with E-state index in [4.69, 9.17) is 17.3 Å². The van der Waals surface area contributed by atoms with Crippen LogP contribution in [0.1, 0.15) is 21.5 Å². The number of hydrogen-bond donors (Lipinski definition) is 2. The van der Waals surface area contributed by atoms with Gasteiger partial charge in [-0.1, -0.05) is 41.4 Å². The average molecular weight is 289 g/mol. The minimum absolute atomic E-state index is 0.178. The summed E-state index contributed by atoms with van der Waals surface area (Å²) in [4.78, 5) is 12.0. The summed E-state index contributed by atoms with van der Waals surface area (Å²) >= 11 is 6.00. The van der Waals surface area contributed by atoms with E-state index in [1.165, 1.54) is 11.1 Å². The molecule has 1 amide bonds. The van der Waals surface area contributed by atoms with E-state index in [0.717, 1.165) is 6.42 Å². The molecular weight excluding hydrogens is 272 g/mol. The Balaban J connectivity index is 1.92. The Morgan fingerprint density at radius 2 is 2.05 bits per heavy atom. The van der Waals surface area contributed by atoms with Crippen LogP contribution in [-0.4, -0.2) is 12.5 Å². The molecule has 3 N–H and O–H groups in total. The van der Waals surface area contributed by atoms with Crippen LogP contribution in [0.15, 0.2) is 42.5 Å². The van der Waals surface area contributed by atoms with Crippen LogP contribution in [-0.2, 0) is 6.42 Å². The van der Waals surface area contributed by atoms with Gasteiger partial charge < -0.3 is 11.1 Å². The Morgan fingerprint density at radius 1 is 1.25 bits per heavy atom. The van der Waals surface area contributed by atoms with Gasteiger partial charge in [-0.15, -0.1) is 0 Å². The van der Waals surface area contributed by atoms with E-state index in [1.54, 1.807) is 18.2 Å². The summed E-state index contributed by atoms with van der Waals surface area (Å²) in [5, 5.41) is 3.24. The predicted octanol–water partition coefficient (Wildman–Crippen LogP) is 3.20. The molecule has 0 spiro atoms. The summed E-state index contributed by atoms with van der Waals surface area (Å²) < 4.78 is 0. The molecule has 3 nitrogen and oxygen atoms in total. The Labute approximate surface area is 123 Å². The van der Waals surface area contributed by atoms with Gasteiger partial charge in [0.05, 0.1) is 10.6 Å². The van der Waals surface area contributed by atoms with Gasteiger partial charge in [0.15, 0.2) is 0 Å². The molecule has 0 unspecified atom stereocenters. The van der Waals surface area contributed by atoms with Crippen molar-refractivity contribution in [3.63, 3.8) is 0 Å². The van der Waals surface area contributed by atoms with E-state index in [1.807, 2.05) is 6.07 Å². The average Bonchev–Trinajstić information content (AvgIpc) is 2.38. The van der Waals surface area contributed by atoms with Gasteiger partial charge in [0.2, 0.25) is 0 Å². The highest BCUT2D eigenvalue weighted by molar-refractivity contribution is 6.34. The van der Waals surface area contributed by atoms with Crippen LogP contribution < -0.4 is 11.1 Å². The van der Waals surface area contributed by atoms with Crippen LogP contribution in [0.25, 0.3) is 0 Å². The van der Waals surface area contributed by atoms with Crippen molar-refractivity contribution in [2.75, 3.05) is 12.3 Å². The van der Waals surface area contributed by atoms with Crippen molar-refractivity contribution in [2.24, 2.45) is 0 Å². The van der Waals surface area contributed by atoms with Crippen LogP contribution >= 0.6 is 11.6 Å². The van der Waals surface area contributed by atoms with Gasteiger partial charge in [0.25, 0.3) is 5.91 Å². The molecule has 0 fully saturated rings. The lowest BCUT2D eigenvalue weighted by Gasteiger charge is -2.08. The Bertz CT molecular complexity index is 626. The molecule has 0 atom stereocenters. The number of carbonyl (C=O) groups excluding carboxylic acids is 1.